The van der Waals surface area contributed by atoms with E-state index in [0.717, 1.165) is 42.4 Å². The Balaban J connectivity index is 1.49. The van der Waals surface area contributed by atoms with Gasteiger partial charge < -0.3 is 15.0 Å². The summed E-state index contributed by atoms with van der Waals surface area (Å²) in [5.74, 6) is -0.0579. The summed E-state index contributed by atoms with van der Waals surface area (Å²) < 4.78 is 46.7. The van der Waals surface area contributed by atoms with Crippen LogP contribution in [0.3, 0.4) is 0 Å². The van der Waals surface area contributed by atoms with Crippen molar-refractivity contribution in [3.8, 4) is 5.75 Å². The summed E-state index contributed by atoms with van der Waals surface area (Å²) in [5.41, 5.74) is -0.135. The number of anilines is 1. The van der Waals surface area contributed by atoms with Gasteiger partial charge >= 0.3 is 6.18 Å². The van der Waals surface area contributed by atoms with Crippen molar-refractivity contribution in [1.29, 1.82) is 0 Å². The van der Waals surface area contributed by atoms with Gasteiger partial charge in [0.15, 0.2) is 0 Å². The zero-order valence-electron chi connectivity index (χ0n) is 19.3. The first kappa shape index (κ1) is 25.9. The monoisotopic (exact) mass is 609 g/mol. The van der Waals surface area contributed by atoms with Crippen molar-refractivity contribution < 1.29 is 27.5 Å². The molecule has 1 N–H and O–H groups in total. The predicted molar refractivity (Wildman–Crippen MR) is 137 cm³/mol. The van der Waals surface area contributed by atoms with Crippen LogP contribution in [0.4, 0.5) is 18.9 Å². The number of likely N-dealkylation sites (tertiary alicyclic amines) is 1. The minimum absolute atomic E-state index is 0.0851. The fourth-order valence-corrected chi connectivity index (χ4v) is 4.53. The van der Waals surface area contributed by atoms with E-state index in [-0.39, 0.29) is 23.0 Å². The third-order valence-corrected chi connectivity index (χ3v) is 6.82. The fraction of sp³-hybridized carbons (Fsp3) is 0.269. The average molecular weight is 609 g/mol. The number of benzene rings is 2. The number of nitrogens with one attached hydrogen (secondary N) is 1. The van der Waals surface area contributed by atoms with Crippen molar-refractivity contribution in [1.82, 2.24) is 9.88 Å². The first-order chi connectivity index (χ1) is 17.2. The van der Waals surface area contributed by atoms with Gasteiger partial charge in [-0.15, -0.1) is 0 Å². The van der Waals surface area contributed by atoms with Crippen LogP contribution in [-0.4, -0.2) is 41.9 Å². The van der Waals surface area contributed by atoms with Gasteiger partial charge in [-0.1, -0.05) is 12.1 Å². The smallest absolute Gasteiger partial charge is 0.418 e. The second-order valence-corrected chi connectivity index (χ2v) is 9.53. The number of hydrogen-bond donors (Lipinski definition) is 1. The van der Waals surface area contributed by atoms with E-state index in [1.165, 1.54) is 12.3 Å². The van der Waals surface area contributed by atoms with Crippen molar-refractivity contribution in [2.24, 2.45) is 0 Å². The second kappa shape index (κ2) is 10.9. The molecule has 1 aromatic heterocycles. The number of rotatable bonds is 5. The van der Waals surface area contributed by atoms with E-state index < -0.39 is 23.3 Å². The van der Waals surface area contributed by atoms with Crippen molar-refractivity contribution in [2.75, 3.05) is 25.5 Å². The van der Waals surface area contributed by atoms with Gasteiger partial charge in [0.25, 0.3) is 11.8 Å². The number of pyridine rings is 1. The van der Waals surface area contributed by atoms with Crippen LogP contribution in [0.1, 0.15) is 50.6 Å². The van der Waals surface area contributed by atoms with Crippen LogP contribution in [0.2, 0.25) is 0 Å². The number of ether oxygens (including phenoxy) is 1. The van der Waals surface area contributed by atoms with Crippen molar-refractivity contribution in [3.05, 3.63) is 86.7 Å². The highest BCUT2D eigenvalue weighted by Gasteiger charge is 2.35. The molecule has 188 valence electrons. The summed E-state index contributed by atoms with van der Waals surface area (Å²) in [4.78, 5) is 31.3. The first-order valence-corrected chi connectivity index (χ1v) is 12.3. The summed E-state index contributed by atoms with van der Waals surface area (Å²) in [6.45, 7) is 0.957. The number of methoxy groups -OCH3 is 1. The quantitative estimate of drug-likeness (QED) is 0.285. The third kappa shape index (κ3) is 5.97. The van der Waals surface area contributed by atoms with Crippen LogP contribution in [0.5, 0.6) is 5.75 Å². The zero-order chi connectivity index (χ0) is 25.9. The van der Waals surface area contributed by atoms with E-state index in [1.54, 1.807) is 18.1 Å². The minimum atomic E-state index is -4.70. The molecule has 1 aliphatic heterocycles. The van der Waals surface area contributed by atoms with Gasteiger partial charge in [-0.05, 0) is 89.4 Å². The molecule has 0 radical (unpaired) electrons. The number of piperidine rings is 1. The molecule has 1 fully saturated rings. The molecule has 0 atom stereocenters. The number of hydrogen-bond acceptors (Lipinski definition) is 4. The third-order valence-electron chi connectivity index (χ3n) is 6.18. The standard InChI is InChI=1S/C26H23F3IN3O3/c1-36-20-6-2-16(3-7-20)17-10-12-33(13-11-17)25(35)18-4-8-21(26(27,28)29)22(14-18)32-24(34)19-5-9-23(30)31-15-19/h2-9,14-15,17H,10-13H2,1H3,(H,32,34). The number of amides is 2. The van der Waals surface area contributed by atoms with E-state index in [2.05, 4.69) is 10.3 Å². The van der Waals surface area contributed by atoms with E-state index in [4.69, 9.17) is 4.74 Å². The molecule has 4 rings (SSSR count). The van der Waals surface area contributed by atoms with Crippen LogP contribution >= 0.6 is 22.6 Å². The van der Waals surface area contributed by atoms with Gasteiger partial charge in [0.05, 0.1) is 23.9 Å². The number of halogens is 4. The first-order valence-electron chi connectivity index (χ1n) is 11.2. The van der Waals surface area contributed by atoms with Crippen LogP contribution in [-0.2, 0) is 6.18 Å². The molecule has 0 saturated carbocycles. The van der Waals surface area contributed by atoms with Crippen molar-refractivity contribution >= 4 is 40.1 Å². The highest BCUT2D eigenvalue weighted by molar-refractivity contribution is 14.1. The Bertz CT molecular complexity index is 1240. The fourth-order valence-electron chi connectivity index (χ4n) is 4.21. The van der Waals surface area contributed by atoms with Crippen molar-refractivity contribution in [3.63, 3.8) is 0 Å². The molecule has 0 unspecified atom stereocenters. The number of carbonyl (C=O) groups is 2. The lowest BCUT2D eigenvalue weighted by atomic mass is 9.89. The Labute approximate surface area is 220 Å². The SMILES string of the molecule is COc1ccc(C2CCN(C(=O)c3ccc(C(F)(F)F)c(NC(=O)c4ccc(I)nc4)c3)CC2)cc1. The Kier molecular flexibility index (Phi) is 7.82. The van der Waals surface area contributed by atoms with Gasteiger partial charge in [-0.25, -0.2) is 4.98 Å². The lowest BCUT2D eigenvalue weighted by Crippen LogP contribution is -2.38. The maximum Gasteiger partial charge on any atom is 0.418 e. The van der Waals surface area contributed by atoms with Crippen molar-refractivity contribution in [2.45, 2.75) is 24.9 Å². The predicted octanol–water partition coefficient (Wildman–Crippen LogP) is 5.99. The molecular weight excluding hydrogens is 586 g/mol. The van der Waals surface area contributed by atoms with Crippen LogP contribution in [0.15, 0.2) is 60.8 Å². The normalized spacial score (nSPS) is 14.4. The van der Waals surface area contributed by atoms with E-state index in [9.17, 15) is 22.8 Å². The number of alkyl halides is 3. The molecule has 10 heteroatoms. The molecule has 2 heterocycles. The maximum absolute atomic E-state index is 13.6. The number of nitrogens with zero attached hydrogens (tertiary/aromatic N) is 2. The Morgan fingerprint density at radius 2 is 1.69 bits per heavy atom. The Morgan fingerprint density at radius 3 is 2.28 bits per heavy atom. The largest absolute Gasteiger partial charge is 0.497 e. The van der Waals surface area contributed by atoms with Crippen LogP contribution in [0, 0.1) is 3.70 Å². The second-order valence-electron chi connectivity index (χ2n) is 8.42. The van der Waals surface area contributed by atoms with Gasteiger partial charge in [0.1, 0.15) is 9.45 Å². The molecule has 6 nitrogen and oxygen atoms in total. The zero-order valence-corrected chi connectivity index (χ0v) is 21.5. The Morgan fingerprint density at radius 1 is 1.03 bits per heavy atom. The summed E-state index contributed by atoms with van der Waals surface area (Å²) in [6, 6.07) is 14.0. The molecule has 0 spiro atoms. The summed E-state index contributed by atoms with van der Waals surface area (Å²) >= 11 is 1.96. The van der Waals surface area contributed by atoms with E-state index >= 15 is 0 Å². The molecule has 2 amide bonds. The molecular formula is C26H23F3IN3O3. The molecule has 1 saturated heterocycles. The van der Waals surface area contributed by atoms with E-state index in [1.807, 2.05) is 46.9 Å². The molecule has 2 aromatic carbocycles. The minimum Gasteiger partial charge on any atom is -0.497 e. The average Bonchev–Trinajstić information content (AvgIpc) is 2.88. The van der Waals surface area contributed by atoms with Crippen LogP contribution < -0.4 is 10.1 Å². The lowest BCUT2D eigenvalue weighted by Gasteiger charge is -2.32. The van der Waals surface area contributed by atoms with Gasteiger partial charge in [0.2, 0.25) is 0 Å². The lowest BCUT2D eigenvalue weighted by molar-refractivity contribution is -0.136. The molecule has 1 aliphatic rings. The topological polar surface area (TPSA) is 71.5 Å². The Hall–Kier alpha value is -3.15. The van der Waals surface area contributed by atoms with Gasteiger partial charge in [0, 0.05) is 24.8 Å². The van der Waals surface area contributed by atoms with Gasteiger partial charge in [-0.2, -0.15) is 13.2 Å². The van der Waals surface area contributed by atoms with Crippen LogP contribution in [0.25, 0.3) is 0 Å². The molecule has 0 aliphatic carbocycles. The number of aromatic nitrogens is 1. The summed E-state index contributed by atoms with van der Waals surface area (Å²) in [6.07, 6.45) is -1.94. The maximum atomic E-state index is 13.6. The summed E-state index contributed by atoms with van der Waals surface area (Å²) in [5, 5.41) is 2.31. The molecule has 36 heavy (non-hydrogen) atoms. The summed E-state index contributed by atoms with van der Waals surface area (Å²) in [7, 11) is 1.61. The highest BCUT2D eigenvalue weighted by atomic mass is 127. The molecule has 3 aromatic rings. The molecule has 0 bridgehead atoms. The van der Waals surface area contributed by atoms with Gasteiger partial charge in [-0.3, -0.25) is 9.59 Å². The number of carbonyl (C=O) groups excluding carboxylic acids is 2. The van der Waals surface area contributed by atoms with E-state index in [0.29, 0.717) is 16.8 Å². The highest BCUT2D eigenvalue weighted by Crippen LogP contribution is 2.36.